The Morgan fingerprint density at radius 2 is 1.44 bits per heavy atom. The lowest BCUT2D eigenvalue weighted by molar-refractivity contribution is -0.194. The Bertz CT molecular complexity index is 1140. The lowest BCUT2D eigenvalue weighted by Crippen LogP contribution is -2.56. The number of fused-ring (bicyclic) bond motifs is 1. The number of alkyl halides is 2. The van der Waals surface area contributed by atoms with Crippen LogP contribution in [0.15, 0.2) is 6.07 Å². The van der Waals surface area contributed by atoms with Crippen molar-refractivity contribution < 1.29 is 58.6 Å². The minimum Gasteiger partial charge on any atom is -0.467 e. The molecule has 1 atom stereocenters. The number of esters is 1. The van der Waals surface area contributed by atoms with E-state index in [1.54, 1.807) is 0 Å². The molecule has 0 aliphatic carbocycles. The largest absolute Gasteiger partial charge is 0.483 e. The number of amides is 1. The number of benzene rings is 2. The summed E-state index contributed by atoms with van der Waals surface area (Å²) in [5.41, 5.74) is -5.38. The van der Waals surface area contributed by atoms with Crippen LogP contribution in [0.3, 0.4) is 0 Å². The molecule has 5 nitrogen and oxygen atoms in total. The van der Waals surface area contributed by atoms with Gasteiger partial charge in [-0.2, -0.15) is 8.78 Å². The van der Waals surface area contributed by atoms with Crippen LogP contribution in [-0.4, -0.2) is 31.1 Å². The highest BCUT2D eigenvalue weighted by Gasteiger charge is 2.54. The first kappa shape index (κ1) is 23.2. The van der Waals surface area contributed by atoms with Crippen LogP contribution in [0.4, 0.5) is 45.2 Å². The molecule has 0 saturated heterocycles. The fourth-order valence-electron chi connectivity index (χ4n) is 3.01. The lowest BCUT2D eigenvalue weighted by Gasteiger charge is -2.36. The second-order valence-corrected chi connectivity index (χ2v) is 6.33. The van der Waals surface area contributed by atoms with E-state index in [1.807, 2.05) is 0 Å². The van der Waals surface area contributed by atoms with Crippen molar-refractivity contribution in [3.8, 4) is 16.9 Å². The van der Waals surface area contributed by atoms with Crippen LogP contribution in [0, 0.1) is 40.7 Å². The van der Waals surface area contributed by atoms with Gasteiger partial charge in [0.2, 0.25) is 5.82 Å². The van der Waals surface area contributed by atoms with Crippen LogP contribution < -0.4 is 9.64 Å². The zero-order valence-corrected chi connectivity index (χ0v) is 15.6. The van der Waals surface area contributed by atoms with E-state index in [-0.39, 0.29) is 11.0 Å². The number of carbonyl (C=O) groups excluding carboxylic acids is 2. The van der Waals surface area contributed by atoms with Gasteiger partial charge in [0.05, 0.1) is 18.2 Å². The highest BCUT2D eigenvalue weighted by Crippen LogP contribution is 2.47. The highest BCUT2D eigenvalue weighted by atomic mass is 19.3. The molecule has 0 bridgehead atoms. The average Bonchev–Trinajstić information content (AvgIpc) is 2.73. The van der Waals surface area contributed by atoms with Crippen LogP contribution >= 0.6 is 0 Å². The first-order chi connectivity index (χ1) is 14.8. The van der Waals surface area contributed by atoms with Gasteiger partial charge in [-0.05, 0) is 6.92 Å². The molecule has 2 aromatic carbocycles. The second-order valence-electron chi connectivity index (χ2n) is 6.33. The summed E-state index contributed by atoms with van der Waals surface area (Å²) in [7, 11) is 0.782. The van der Waals surface area contributed by atoms with Crippen molar-refractivity contribution in [2.24, 2.45) is 0 Å². The highest BCUT2D eigenvalue weighted by molar-refractivity contribution is 6.05. The fraction of sp³-hybridized carbons (Fsp3) is 0.222. The minimum atomic E-state index is -4.74. The second kappa shape index (κ2) is 7.60. The molecule has 172 valence electrons. The molecule has 0 fully saturated rings. The van der Waals surface area contributed by atoms with Crippen LogP contribution in [0.5, 0.6) is 5.75 Å². The molecule has 1 amide bonds. The molecule has 0 saturated carbocycles. The number of carbonyl (C=O) groups is 2. The van der Waals surface area contributed by atoms with Crippen molar-refractivity contribution in [1.29, 1.82) is 0 Å². The number of anilines is 1. The van der Waals surface area contributed by atoms with Crippen molar-refractivity contribution in [3.63, 3.8) is 0 Å². The van der Waals surface area contributed by atoms with Gasteiger partial charge in [-0.1, -0.05) is 0 Å². The summed E-state index contributed by atoms with van der Waals surface area (Å²) < 4.78 is 135. The predicted octanol–water partition coefficient (Wildman–Crippen LogP) is 4.21. The van der Waals surface area contributed by atoms with E-state index in [4.69, 9.17) is 0 Å². The van der Waals surface area contributed by atoms with E-state index in [0.29, 0.717) is 0 Å². The molecule has 1 heterocycles. The molecular formula is C18H8F9NO4. The molecular weight excluding hydrogens is 465 g/mol. The van der Waals surface area contributed by atoms with E-state index >= 15 is 4.39 Å². The van der Waals surface area contributed by atoms with E-state index in [0.717, 1.165) is 14.0 Å². The standard InChI is InChI=1S/C18H8F9NO4/c1-4(16(29)31-2)28-15-6(32-18(26,27)17(28)30)3-5(19)7(11(15)22)8-9(20)12(23)14(25)13(24)10(8)21/h3-4H,1-2H3/t4-/m0/s1. The average molecular weight is 473 g/mol. The van der Waals surface area contributed by atoms with Gasteiger partial charge in [0.1, 0.15) is 17.5 Å². The van der Waals surface area contributed by atoms with Crippen molar-refractivity contribution in [3.05, 3.63) is 46.8 Å². The molecule has 1 aliphatic rings. The first-order valence-corrected chi connectivity index (χ1v) is 8.28. The zero-order chi connectivity index (χ0) is 24.3. The summed E-state index contributed by atoms with van der Waals surface area (Å²) in [6, 6.07) is -2.08. The van der Waals surface area contributed by atoms with Gasteiger partial charge in [-0.3, -0.25) is 9.69 Å². The third kappa shape index (κ3) is 3.20. The zero-order valence-electron chi connectivity index (χ0n) is 15.6. The smallest absolute Gasteiger partial charge is 0.467 e. The molecule has 0 unspecified atom stereocenters. The van der Waals surface area contributed by atoms with Crippen LogP contribution in [0.25, 0.3) is 11.1 Å². The third-order valence-corrected chi connectivity index (χ3v) is 4.49. The van der Waals surface area contributed by atoms with Crippen molar-refractivity contribution in [2.75, 3.05) is 12.0 Å². The van der Waals surface area contributed by atoms with E-state index in [9.17, 15) is 44.7 Å². The predicted molar refractivity (Wildman–Crippen MR) is 86.1 cm³/mol. The Morgan fingerprint density at radius 3 is 1.94 bits per heavy atom. The number of rotatable bonds is 3. The third-order valence-electron chi connectivity index (χ3n) is 4.49. The van der Waals surface area contributed by atoms with Crippen LogP contribution in [0.1, 0.15) is 6.92 Å². The summed E-state index contributed by atoms with van der Waals surface area (Å²) >= 11 is 0. The van der Waals surface area contributed by atoms with Crippen LogP contribution in [-0.2, 0) is 14.3 Å². The summed E-state index contributed by atoms with van der Waals surface area (Å²) in [6.45, 7) is 0.787. The van der Waals surface area contributed by atoms with Crippen LogP contribution in [0.2, 0.25) is 0 Å². The topological polar surface area (TPSA) is 55.8 Å². The summed E-state index contributed by atoms with van der Waals surface area (Å²) in [5.74, 6) is -22.4. The maximum absolute atomic E-state index is 15.2. The number of ether oxygens (including phenoxy) is 2. The monoisotopic (exact) mass is 473 g/mol. The maximum atomic E-state index is 15.2. The normalized spacial score (nSPS) is 15.8. The molecule has 2 aromatic rings. The quantitative estimate of drug-likeness (QED) is 0.290. The van der Waals surface area contributed by atoms with Gasteiger partial charge in [0.25, 0.3) is 0 Å². The van der Waals surface area contributed by atoms with E-state index in [1.165, 1.54) is 0 Å². The number of methoxy groups -OCH3 is 1. The molecule has 0 radical (unpaired) electrons. The lowest BCUT2D eigenvalue weighted by atomic mass is 9.99. The fourth-order valence-corrected chi connectivity index (χ4v) is 3.01. The van der Waals surface area contributed by atoms with Crippen molar-refractivity contribution in [1.82, 2.24) is 0 Å². The number of nitrogens with zero attached hydrogens (tertiary/aromatic N) is 1. The summed E-state index contributed by atoms with van der Waals surface area (Å²) in [4.78, 5) is 23.7. The molecule has 0 N–H and O–H groups in total. The molecule has 3 rings (SSSR count). The van der Waals surface area contributed by atoms with E-state index < -0.39 is 87.3 Å². The Hall–Kier alpha value is -3.45. The van der Waals surface area contributed by atoms with Gasteiger partial charge in [-0.25, -0.2) is 35.5 Å². The van der Waals surface area contributed by atoms with Crippen molar-refractivity contribution >= 4 is 17.6 Å². The van der Waals surface area contributed by atoms with Gasteiger partial charge in [-0.15, -0.1) is 0 Å². The Labute approximate surface area is 171 Å². The number of hydrogen-bond acceptors (Lipinski definition) is 4. The van der Waals surface area contributed by atoms with Gasteiger partial charge >= 0.3 is 18.0 Å². The molecule has 1 aliphatic heterocycles. The first-order valence-electron chi connectivity index (χ1n) is 8.28. The molecule has 0 aromatic heterocycles. The molecule has 14 heteroatoms. The maximum Gasteiger partial charge on any atom is 0.483 e. The van der Waals surface area contributed by atoms with Gasteiger partial charge < -0.3 is 9.47 Å². The molecule has 32 heavy (non-hydrogen) atoms. The van der Waals surface area contributed by atoms with Gasteiger partial charge in [0.15, 0.2) is 34.8 Å². The van der Waals surface area contributed by atoms with E-state index in [2.05, 4.69) is 9.47 Å². The van der Waals surface area contributed by atoms with Gasteiger partial charge in [0, 0.05) is 6.07 Å². The minimum absolute atomic E-state index is 0.0663. The summed E-state index contributed by atoms with van der Waals surface area (Å²) in [6.07, 6.45) is -4.74. The SMILES string of the molecule is COC(=O)[C@H](C)N1C(=O)C(F)(F)Oc2cc(F)c(-c3c(F)c(F)c(F)c(F)c3F)c(F)c21. The summed E-state index contributed by atoms with van der Waals surface area (Å²) in [5, 5.41) is 0. The van der Waals surface area contributed by atoms with Crippen molar-refractivity contribution in [2.45, 2.75) is 19.1 Å². The Kier molecular flexibility index (Phi) is 5.51. The number of halogens is 9. The Balaban J connectivity index is 2.41. The Morgan fingerprint density at radius 1 is 0.938 bits per heavy atom. The molecule has 0 spiro atoms. The number of hydrogen-bond donors (Lipinski definition) is 0.